The number of benzene rings is 1. The number of aryl methyl sites for hydroxylation is 1. The fourth-order valence-electron chi connectivity index (χ4n) is 1.41. The molecule has 5 heteroatoms. The molecule has 16 heavy (non-hydrogen) atoms. The van der Waals surface area contributed by atoms with Gasteiger partial charge < -0.3 is 15.4 Å². The Balaban J connectivity index is 3.24. The Morgan fingerprint density at radius 1 is 1.44 bits per heavy atom. The van der Waals surface area contributed by atoms with E-state index in [1.165, 1.54) is 0 Å². The van der Waals surface area contributed by atoms with Crippen LogP contribution in [-0.4, -0.2) is 20.2 Å². The molecule has 0 saturated carbocycles. The first-order valence-corrected chi connectivity index (χ1v) is 5.21. The molecule has 88 valence electrons. The maximum atomic E-state index is 11.3. The fourth-order valence-corrected chi connectivity index (χ4v) is 1.56. The van der Waals surface area contributed by atoms with Gasteiger partial charge in [0.2, 0.25) is 0 Å². The van der Waals surface area contributed by atoms with Gasteiger partial charge in [-0.2, -0.15) is 0 Å². The third kappa shape index (κ3) is 2.39. The molecule has 2 N–H and O–H groups in total. The molecular formula is C11H15ClN2O2. The summed E-state index contributed by atoms with van der Waals surface area (Å²) in [5.41, 5.74) is 2.30. The largest absolute Gasteiger partial charge is 0.495 e. The smallest absolute Gasteiger partial charge is 0.319 e. The predicted octanol–water partition coefficient (Wildman–Crippen LogP) is 2.72. The van der Waals surface area contributed by atoms with E-state index in [1.54, 1.807) is 20.2 Å². The van der Waals surface area contributed by atoms with Crippen molar-refractivity contribution in [1.82, 2.24) is 5.32 Å². The highest BCUT2D eigenvalue weighted by molar-refractivity contribution is 6.32. The number of ether oxygens (including phenoxy) is 1. The van der Waals surface area contributed by atoms with Crippen LogP contribution in [-0.2, 0) is 0 Å². The molecule has 0 fully saturated rings. The average molecular weight is 243 g/mol. The zero-order valence-corrected chi connectivity index (χ0v) is 10.5. The number of anilines is 1. The van der Waals surface area contributed by atoms with Crippen LogP contribution in [0.4, 0.5) is 10.5 Å². The lowest BCUT2D eigenvalue weighted by atomic mass is 10.1. The summed E-state index contributed by atoms with van der Waals surface area (Å²) in [6, 6.07) is 1.49. The molecule has 0 bridgehead atoms. The minimum absolute atomic E-state index is 0.304. The lowest BCUT2D eigenvalue weighted by Gasteiger charge is -2.15. The summed E-state index contributed by atoms with van der Waals surface area (Å²) in [5, 5.41) is 5.80. The van der Waals surface area contributed by atoms with Gasteiger partial charge in [0.25, 0.3) is 0 Å². The van der Waals surface area contributed by atoms with Crippen LogP contribution in [0, 0.1) is 13.8 Å². The second kappa shape index (κ2) is 5.07. The van der Waals surface area contributed by atoms with Crippen molar-refractivity contribution in [3.8, 4) is 5.75 Å². The van der Waals surface area contributed by atoms with Crippen LogP contribution in [0.15, 0.2) is 6.07 Å². The number of nitrogens with one attached hydrogen (secondary N) is 2. The van der Waals surface area contributed by atoms with Crippen molar-refractivity contribution >= 4 is 23.3 Å². The molecule has 1 aromatic carbocycles. The lowest BCUT2D eigenvalue weighted by Crippen LogP contribution is -2.25. The summed E-state index contributed by atoms with van der Waals surface area (Å²) < 4.78 is 5.21. The van der Waals surface area contributed by atoms with Crippen LogP contribution in [0.25, 0.3) is 0 Å². The van der Waals surface area contributed by atoms with Crippen LogP contribution in [0.1, 0.15) is 11.1 Å². The molecule has 0 aliphatic heterocycles. The van der Waals surface area contributed by atoms with E-state index in [9.17, 15) is 4.79 Å². The standard InChI is InChI=1S/C11H15ClN2O2/c1-6-5-8(16-4)10(7(2)9(6)12)14-11(15)13-3/h5H,1-4H3,(H2,13,14,15). The lowest BCUT2D eigenvalue weighted by molar-refractivity contribution is 0.254. The van der Waals surface area contributed by atoms with Gasteiger partial charge in [0.1, 0.15) is 5.75 Å². The molecule has 2 amide bonds. The maximum Gasteiger partial charge on any atom is 0.319 e. The van der Waals surface area contributed by atoms with Crippen LogP contribution in [0.3, 0.4) is 0 Å². The highest BCUT2D eigenvalue weighted by atomic mass is 35.5. The van der Waals surface area contributed by atoms with Crippen molar-refractivity contribution in [3.63, 3.8) is 0 Å². The number of hydrogen-bond donors (Lipinski definition) is 2. The van der Waals surface area contributed by atoms with Gasteiger partial charge in [0, 0.05) is 12.1 Å². The van der Waals surface area contributed by atoms with Gasteiger partial charge in [0.15, 0.2) is 0 Å². The molecule has 1 rings (SSSR count). The zero-order chi connectivity index (χ0) is 12.3. The van der Waals surface area contributed by atoms with Crippen LogP contribution in [0.2, 0.25) is 5.02 Å². The fraction of sp³-hybridized carbons (Fsp3) is 0.364. The van der Waals surface area contributed by atoms with E-state index in [-0.39, 0.29) is 6.03 Å². The van der Waals surface area contributed by atoms with Crippen molar-refractivity contribution in [2.45, 2.75) is 13.8 Å². The Morgan fingerprint density at radius 2 is 2.06 bits per heavy atom. The number of halogens is 1. The first-order valence-electron chi connectivity index (χ1n) is 4.83. The SMILES string of the molecule is CNC(=O)Nc1c(OC)cc(C)c(Cl)c1C. The Labute approximate surface area is 99.9 Å². The highest BCUT2D eigenvalue weighted by Gasteiger charge is 2.14. The van der Waals surface area contributed by atoms with Gasteiger partial charge >= 0.3 is 6.03 Å². The Morgan fingerprint density at radius 3 is 2.56 bits per heavy atom. The van der Waals surface area contributed by atoms with Crippen molar-refractivity contribution in [1.29, 1.82) is 0 Å². The molecule has 0 saturated heterocycles. The number of hydrogen-bond acceptors (Lipinski definition) is 2. The van der Waals surface area contributed by atoms with E-state index in [4.69, 9.17) is 16.3 Å². The van der Waals surface area contributed by atoms with Gasteiger partial charge in [-0.05, 0) is 31.0 Å². The number of amides is 2. The minimum atomic E-state index is -0.304. The first kappa shape index (κ1) is 12.6. The van der Waals surface area contributed by atoms with Gasteiger partial charge in [-0.3, -0.25) is 0 Å². The molecule has 0 aromatic heterocycles. The van der Waals surface area contributed by atoms with Gasteiger partial charge in [-0.25, -0.2) is 4.79 Å². The number of carbonyl (C=O) groups excluding carboxylic acids is 1. The first-order chi connectivity index (χ1) is 7.51. The highest BCUT2D eigenvalue weighted by Crippen LogP contribution is 2.35. The van der Waals surface area contributed by atoms with Gasteiger partial charge in [-0.1, -0.05) is 11.6 Å². The van der Waals surface area contributed by atoms with E-state index in [0.717, 1.165) is 11.1 Å². The van der Waals surface area contributed by atoms with Crippen molar-refractivity contribution < 1.29 is 9.53 Å². The molecule has 0 atom stereocenters. The monoisotopic (exact) mass is 242 g/mol. The topological polar surface area (TPSA) is 50.4 Å². The predicted molar refractivity (Wildman–Crippen MR) is 65.6 cm³/mol. The number of rotatable bonds is 2. The summed E-state index contributed by atoms with van der Waals surface area (Å²) in [6.45, 7) is 3.73. The van der Waals surface area contributed by atoms with Crippen molar-refractivity contribution in [2.75, 3.05) is 19.5 Å². The summed E-state index contributed by atoms with van der Waals surface area (Å²) in [5.74, 6) is 0.600. The molecule has 0 radical (unpaired) electrons. The van der Waals surface area contributed by atoms with Crippen LogP contribution >= 0.6 is 11.6 Å². The Bertz CT molecular complexity index is 419. The average Bonchev–Trinajstić information content (AvgIpc) is 2.29. The summed E-state index contributed by atoms with van der Waals surface area (Å²) in [6.07, 6.45) is 0. The molecule has 0 spiro atoms. The number of urea groups is 1. The zero-order valence-electron chi connectivity index (χ0n) is 9.77. The summed E-state index contributed by atoms with van der Waals surface area (Å²) in [4.78, 5) is 11.3. The quantitative estimate of drug-likeness (QED) is 0.838. The second-order valence-electron chi connectivity index (χ2n) is 3.41. The van der Waals surface area contributed by atoms with Crippen LogP contribution in [0.5, 0.6) is 5.75 Å². The van der Waals surface area contributed by atoms with E-state index in [2.05, 4.69) is 10.6 Å². The minimum Gasteiger partial charge on any atom is -0.495 e. The third-order valence-electron chi connectivity index (χ3n) is 2.33. The van der Waals surface area contributed by atoms with Crippen molar-refractivity contribution in [2.24, 2.45) is 0 Å². The van der Waals surface area contributed by atoms with E-state index < -0.39 is 0 Å². The molecule has 1 aromatic rings. The Kier molecular flexibility index (Phi) is 4.01. The number of methoxy groups -OCH3 is 1. The molecular weight excluding hydrogens is 228 g/mol. The van der Waals surface area contributed by atoms with Crippen LogP contribution < -0.4 is 15.4 Å². The van der Waals surface area contributed by atoms with Gasteiger partial charge in [-0.15, -0.1) is 0 Å². The molecule has 0 unspecified atom stereocenters. The van der Waals surface area contributed by atoms with E-state index in [0.29, 0.717) is 16.5 Å². The molecule has 0 aliphatic carbocycles. The number of carbonyl (C=O) groups is 1. The van der Waals surface area contributed by atoms with E-state index >= 15 is 0 Å². The second-order valence-corrected chi connectivity index (χ2v) is 3.79. The maximum absolute atomic E-state index is 11.3. The molecule has 4 nitrogen and oxygen atoms in total. The van der Waals surface area contributed by atoms with E-state index in [1.807, 2.05) is 13.8 Å². The molecule has 0 aliphatic rings. The third-order valence-corrected chi connectivity index (χ3v) is 2.91. The normalized spacial score (nSPS) is 9.81. The van der Waals surface area contributed by atoms with Crippen molar-refractivity contribution in [3.05, 3.63) is 22.2 Å². The summed E-state index contributed by atoms with van der Waals surface area (Å²) in [7, 11) is 3.10. The molecule has 0 heterocycles. The summed E-state index contributed by atoms with van der Waals surface area (Å²) >= 11 is 6.11. The Hall–Kier alpha value is -1.42. The van der Waals surface area contributed by atoms with Gasteiger partial charge in [0.05, 0.1) is 12.8 Å².